The minimum atomic E-state index is -3.16. The number of amides is 1. The number of aryl methyl sites for hydroxylation is 2. The highest BCUT2D eigenvalue weighted by molar-refractivity contribution is 5.73. The molecular weight excluding hydrogens is 314 g/mol. The molecule has 0 aliphatic carbocycles. The van der Waals surface area contributed by atoms with E-state index in [-0.39, 0.29) is 12.8 Å². The van der Waals surface area contributed by atoms with Crippen molar-refractivity contribution in [2.24, 2.45) is 0 Å². The number of carbonyl (C=O) groups excluding carboxylic acids is 1. The van der Waals surface area contributed by atoms with E-state index in [1.807, 2.05) is 24.3 Å². The summed E-state index contributed by atoms with van der Waals surface area (Å²) in [5.41, 5.74) is -0.476. The van der Waals surface area contributed by atoms with Gasteiger partial charge in [0.15, 0.2) is 0 Å². The Morgan fingerprint density at radius 1 is 1.00 bits per heavy atom. The van der Waals surface area contributed by atoms with Gasteiger partial charge >= 0.3 is 0 Å². The Bertz CT molecular complexity index is 610. The van der Waals surface area contributed by atoms with Crippen LogP contribution in [0.1, 0.15) is 75.4 Å². The Hall–Kier alpha value is -1.39. The third kappa shape index (κ3) is 8.50. The van der Waals surface area contributed by atoms with Gasteiger partial charge in [-0.3, -0.25) is 4.79 Å². The molecule has 1 amide bonds. The average molecular weight is 354 g/mol. The van der Waals surface area contributed by atoms with Crippen LogP contribution in [-0.2, 0) is 17.6 Å². The van der Waals surface area contributed by atoms with Gasteiger partial charge < -0.3 is 15.5 Å². The van der Waals surface area contributed by atoms with Crippen LogP contribution in [0.15, 0.2) is 24.3 Å². The lowest BCUT2D eigenvalue weighted by Crippen LogP contribution is -2.53. The van der Waals surface area contributed by atoms with Gasteiger partial charge in [0.25, 0.3) is 0 Å². The van der Waals surface area contributed by atoms with Crippen molar-refractivity contribution < 1.29 is 20.5 Å². The zero-order chi connectivity index (χ0) is 22.1. The lowest BCUT2D eigenvalue weighted by atomic mass is 9.92. The number of aliphatic hydroxyl groups is 2. The molecule has 0 heterocycles. The molecule has 0 unspecified atom stereocenters. The van der Waals surface area contributed by atoms with Gasteiger partial charge in [0.2, 0.25) is 5.91 Å². The lowest BCUT2D eigenvalue weighted by Gasteiger charge is -2.30. The number of benzene rings is 1. The highest BCUT2D eigenvalue weighted by Crippen LogP contribution is 2.16. The Labute approximate surface area is 158 Å². The minimum Gasteiger partial charge on any atom is -0.394 e. The van der Waals surface area contributed by atoms with Crippen molar-refractivity contribution in [1.29, 1.82) is 0 Å². The Morgan fingerprint density at radius 2 is 1.52 bits per heavy atom. The topological polar surface area (TPSA) is 69.6 Å². The van der Waals surface area contributed by atoms with Gasteiger partial charge in [0, 0.05) is 6.92 Å². The molecule has 4 nitrogen and oxygen atoms in total. The normalized spacial score (nSPS) is 15.0. The summed E-state index contributed by atoms with van der Waals surface area (Å²) in [4.78, 5) is 11.5. The quantitative estimate of drug-likeness (QED) is 0.476. The predicted octanol–water partition coefficient (Wildman–Crippen LogP) is 3.38. The maximum atomic E-state index is 11.5. The zero-order valence-electron chi connectivity index (χ0n) is 19.5. The zero-order valence-corrected chi connectivity index (χ0v) is 15.5. The number of rotatable bonds is 13. The van der Waals surface area contributed by atoms with Crippen molar-refractivity contribution in [2.75, 3.05) is 13.1 Å². The second-order valence-corrected chi connectivity index (χ2v) is 6.64. The van der Waals surface area contributed by atoms with Crippen molar-refractivity contribution >= 4 is 5.91 Å². The van der Waals surface area contributed by atoms with Crippen LogP contribution in [0.3, 0.4) is 0 Å². The Kier molecular flexibility index (Phi) is 7.63. The SMILES string of the molecule is [2H]C([2H])(O)C(CCc1ccc(CCCCCCCC)cc1)(NC(C)=O)C([2H])([2H])O. The predicted molar refractivity (Wildman–Crippen MR) is 103 cm³/mol. The number of carbonyl (C=O) groups is 1. The molecule has 1 aromatic carbocycles. The molecule has 0 bridgehead atoms. The fourth-order valence-corrected chi connectivity index (χ4v) is 2.87. The minimum absolute atomic E-state index is 0.178. The summed E-state index contributed by atoms with van der Waals surface area (Å²) >= 11 is 0. The van der Waals surface area contributed by atoms with Gasteiger partial charge in [-0.25, -0.2) is 0 Å². The Balaban J connectivity index is 2.74. The number of nitrogens with one attached hydrogen (secondary N) is 1. The lowest BCUT2D eigenvalue weighted by molar-refractivity contribution is -0.122. The van der Waals surface area contributed by atoms with Gasteiger partial charge in [-0.2, -0.15) is 0 Å². The third-order valence-electron chi connectivity index (χ3n) is 4.40. The van der Waals surface area contributed by atoms with E-state index in [0.29, 0.717) is 0 Å². The van der Waals surface area contributed by atoms with Crippen LogP contribution in [-0.4, -0.2) is 34.8 Å². The van der Waals surface area contributed by atoms with Crippen LogP contribution < -0.4 is 5.32 Å². The standard InChI is InChI=1S/C21H35NO3/c1-3-4-5-6-7-8-9-19-10-12-20(13-11-19)14-15-21(16-23,17-24)22-18(2)25/h10-13,23-24H,3-9,14-17H2,1-2H3,(H,22,25)/i16D2,17D2. The molecule has 1 rings (SSSR count). The second kappa shape index (κ2) is 12.0. The van der Waals surface area contributed by atoms with Crippen molar-refractivity contribution in [2.45, 2.75) is 77.2 Å². The van der Waals surface area contributed by atoms with E-state index in [1.54, 1.807) is 0 Å². The molecule has 0 saturated carbocycles. The molecule has 0 radical (unpaired) electrons. The molecule has 0 aliphatic heterocycles. The molecule has 4 heteroatoms. The maximum Gasteiger partial charge on any atom is 0.217 e. The average Bonchev–Trinajstić information content (AvgIpc) is 2.60. The maximum absolute atomic E-state index is 11.5. The first-order valence-corrected chi connectivity index (χ1v) is 9.24. The van der Waals surface area contributed by atoms with Crippen LogP contribution in [0.2, 0.25) is 0 Å². The molecule has 3 N–H and O–H groups in total. The van der Waals surface area contributed by atoms with E-state index in [1.165, 1.54) is 37.7 Å². The van der Waals surface area contributed by atoms with Crippen LogP contribution in [0.25, 0.3) is 0 Å². The number of hydrogen-bond acceptors (Lipinski definition) is 3. The monoisotopic (exact) mass is 353 g/mol. The van der Waals surface area contributed by atoms with Crippen molar-refractivity contribution in [3.63, 3.8) is 0 Å². The molecule has 0 fully saturated rings. The molecule has 25 heavy (non-hydrogen) atoms. The van der Waals surface area contributed by atoms with Crippen LogP contribution in [0.4, 0.5) is 0 Å². The second-order valence-electron chi connectivity index (χ2n) is 6.64. The van der Waals surface area contributed by atoms with E-state index in [0.717, 1.165) is 25.3 Å². The smallest absolute Gasteiger partial charge is 0.217 e. The fraction of sp³-hybridized carbons (Fsp3) is 0.667. The molecule has 0 aliphatic rings. The van der Waals surface area contributed by atoms with E-state index in [2.05, 4.69) is 12.2 Å². The molecule has 0 spiro atoms. The van der Waals surface area contributed by atoms with Gasteiger partial charge in [-0.15, -0.1) is 0 Å². The highest BCUT2D eigenvalue weighted by Gasteiger charge is 2.29. The van der Waals surface area contributed by atoms with Gasteiger partial charge in [0.1, 0.15) is 0 Å². The number of unbranched alkanes of at least 4 members (excludes halogenated alkanes) is 5. The summed E-state index contributed by atoms with van der Waals surface area (Å²) in [5, 5.41) is 22.0. The van der Waals surface area contributed by atoms with E-state index < -0.39 is 24.6 Å². The van der Waals surface area contributed by atoms with Crippen molar-refractivity contribution in [1.82, 2.24) is 5.32 Å². The first-order valence-electron chi connectivity index (χ1n) is 11.2. The van der Waals surface area contributed by atoms with E-state index >= 15 is 0 Å². The molecular formula is C21H35NO3. The van der Waals surface area contributed by atoms with Crippen molar-refractivity contribution in [3.8, 4) is 0 Å². The van der Waals surface area contributed by atoms with E-state index in [4.69, 9.17) is 5.48 Å². The molecule has 1 aromatic rings. The fourth-order valence-electron chi connectivity index (χ4n) is 2.87. The number of hydrogen-bond donors (Lipinski definition) is 3. The van der Waals surface area contributed by atoms with Crippen molar-refractivity contribution in [3.05, 3.63) is 35.4 Å². The van der Waals surface area contributed by atoms with Gasteiger partial charge in [-0.1, -0.05) is 63.3 Å². The molecule has 0 aromatic heterocycles. The van der Waals surface area contributed by atoms with Gasteiger partial charge in [-0.05, 0) is 36.8 Å². The Morgan fingerprint density at radius 3 is 2.04 bits per heavy atom. The molecule has 142 valence electrons. The highest BCUT2D eigenvalue weighted by atomic mass is 16.3. The van der Waals surface area contributed by atoms with Crippen LogP contribution in [0, 0.1) is 0 Å². The summed E-state index contributed by atoms with van der Waals surface area (Å²) in [6, 6.07) is 7.74. The summed E-state index contributed by atoms with van der Waals surface area (Å²) < 4.78 is 30.5. The third-order valence-corrected chi connectivity index (χ3v) is 4.40. The first-order chi connectivity index (χ1) is 13.4. The summed E-state index contributed by atoms with van der Waals surface area (Å²) in [7, 11) is 0. The summed E-state index contributed by atoms with van der Waals surface area (Å²) in [5.74, 6) is -0.741. The summed E-state index contributed by atoms with van der Waals surface area (Å²) in [6.07, 6.45) is 8.25. The van der Waals surface area contributed by atoms with Crippen LogP contribution >= 0.6 is 0 Å². The molecule has 0 atom stereocenters. The summed E-state index contributed by atoms with van der Waals surface area (Å²) in [6.45, 7) is -3.03. The largest absolute Gasteiger partial charge is 0.394 e. The van der Waals surface area contributed by atoms with Crippen LogP contribution in [0.5, 0.6) is 0 Å². The first kappa shape index (κ1) is 15.8. The van der Waals surface area contributed by atoms with Gasteiger partial charge in [0.05, 0.1) is 24.1 Å². The molecule has 0 saturated heterocycles. The van der Waals surface area contributed by atoms with E-state index in [9.17, 15) is 15.0 Å².